The third-order valence-electron chi connectivity index (χ3n) is 2.66. The second-order valence-electron chi connectivity index (χ2n) is 4.35. The third-order valence-corrected chi connectivity index (χ3v) is 2.66. The van der Waals surface area contributed by atoms with E-state index in [1.165, 1.54) is 6.08 Å². The van der Waals surface area contributed by atoms with Crippen molar-refractivity contribution >= 4 is 17.7 Å². The number of unbranched alkanes of at least 4 members (excludes halogenated alkanes) is 2. The van der Waals surface area contributed by atoms with Crippen LogP contribution in [-0.2, 0) is 9.53 Å². The largest absolute Gasteiger partial charge is 0.399 e. The molecule has 4 nitrogen and oxygen atoms in total. The summed E-state index contributed by atoms with van der Waals surface area (Å²) in [5.74, 6) is -0.0748. The molecule has 4 heteroatoms. The highest BCUT2D eigenvalue weighted by Gasteiger charge is 1.95. The van der Waals surface area contributed by atoms with E-state index in [1.807, 2.05) is 24.3 Å². The first-order chi connectivity index (χ1) is 9.22. The predicted molar refractivity (Wildman–Crippen MR) is 78.6 cm³/mol. The minimum absolute atomic E-state index is 0.0748. The number of carbonyl (C=O) groups excluding carboxylic acids is 1. The number of hydrogen-bond acceptors (Lipinski definition) is 3. The van der Waals surface area contributed by atoms with Crippen molar-refractivity contribution < 1.29 is 9.53 Å². The fourth-order valence-corrected chi connectivity index (χ4v) is 1.65. The van der Waals surface area contributed by atoms with E-state index in [4.69, 9.17) is 10.5 Å². The van der Waals surface area contributed by atoms with Crippen LogP contribution in [0.1, 0.15) is 24.8 Å². The van der Waals surface area contributed by atoms with Gasteiger partial charge in [-0.15, -0.1) is 0 Å². The van der Waals surface area contributed by atoms with Crippen molar-refractivity contribution in [3.8, 4) is 0 Å². The predicted octanol–water partition coefficient (Wildman–Crippen LogP) is 2.21. The molecule has 0 atom stereocenters. The number of amides is 1. The Balaban J connectivity index is 2.20. The molecule has 0 fully saturated rings. The molecule has 104 valence electrons. The number of benzene rings is 1. The van der Waals surface area contributed by atoms with Crippen LogP contribution >= 0.6 is 0 Å². The van der Waals surface area contributed by atoms with E-state index in [0.717, 1.165) is 31.4 Å². The molecule has 0 spiro atoms. The number of nitrogens with two attached hydrogens (primary N) is 1. The maximum atomic E-state index is 11.5. The van der Waals surface area contributed by atoms with Crippen molar-refractivity contribution in [3.05, 3.63) is 35.9 Å². The summed E-state index contributed by atoms with van der Waals surface area (Å²) in [6.45, 7) is 1.48. The van der Waals surface area contributed by atoms with Crippen LogP contribution in [0.4, 0.5) is 5.69 Å². The van der Waals surface area contributed by atoms with Gasteiger partial charge in [0.15, 0.2) is 0 Å². The Kier molecular flexibility index (Phi) is 7.35. The molecule has 0 bridgehead atoms. The van der Waals surface area contributed by atoms with Crippen molar-refractivity contribution in [2.75, 3.05) is 26.0 Å². The van der Waals surface area contributed by atoms with Crippen LogP contribution in [0.15, 0.2) is 30.3 Å². The molecule has 0 heterocycles. The molecule has 0 saturated carbocycles. The van der Waals surface area contributed by atoms with Crippen LogP contribution in [0.5, 0.6) is 0 Å². The smallest absolute Gasteiger partial charge is 0.243 e. The van der Waals surface area contributed by atoms with E-state index in [9.17, 15) is 4.79 Å². The molecule has 0 aliphatic rings. The fraction of sp³-hybridized carbons (Fsp3) is 0.400. The van der Waals surface area contributed by atoms with Crippen molar-refractivity contribution in [2.45, 2.75) is 19.3 Å². The molecule has 1 rings (SSSR count). The highest BCUT2D eigenvalue weighted by molar-refractivity contribution is 5.91. The molecule has 0 unspecified atom stereocenters. The van der Waals surface area contributed by atoms with E-state index in [1.54, 1.807) is 13.2 Å². The van der Waals surface area contributed by atoms with Crippen LogP contribution in [0.3, 0.4) is 0 Å². The molecule has 1 aromatic rings. The molecule has 0 aliphatic carbocycles. The van der Waals surface area contributed by atoms with E-state index in [2.05, 4.69) is 5.32 Å². The standard InChI is InChI=1S/C15H22N2O2/c1-19-11-4-2-3-10-17-15(18)9-8-13-6-5-7-14(16)12-13/h5-9,12H,2-4,10-11,16H2,1H3,(H,17,18)/b9-8+. The molecule has 3 N–H and O–H groups in total. The Morgan fingerprint density at radius 2 is 2.21 bits per heavy atom. The lowest BCUT2D eigenvalue weighted by molar-refractivity contribution is -0.116. The number of methoxy groups -OCH3 is 1. The van der Waals surface area contributed by atoms with Gasteiger partial charge in [-0.1, -0.05) is 12.1 Å². The van der Waals surface area contributed by atoms with Crippen LogP contribution < -0.4 is 11.1 Å². The van der Waals surface area contributed by atoms with Crippen LogP contribution in [0.25, 0.3) is 6.08 Å². The highest BCUT2D eigenvalue weighted by atomic mass is 16.5. The van der Waals surface area contributed by atoms with Crippen LogP contribution in [-0.4, -0.2) is 26.2 Å². The van der Waals surface area contributed by atoms with Crippen molar-refractivity contribution in [1.29, 1.82) is 0 Å². The van der Waals surface area contributed by atoms with Crippen molar-refractivity contribution in [3.63, 3.8) is 0 Å². The Morgan fingerprint density at radius 3 is 2.95 bits per heavy atom. The minimum Gasteiger partial charge on any atom is -0.399 e. The number of carbonyl (C=O) groups is 1. The first-order valence-electron chi connectivity index (χ1n) is 6.53. The van der Waals surface area contributed by atoms with E-state index < -0.39 is 0 Å². The number of hydrogen-bond donors (Lipinski definition) is 2. The lowest BCUT2D eigenvalue weighted by Crippen LogP contribution is -2.22. The zero-order valence-corrected chi connectivity index (χ0v) is 11.4. The van der Waals surface area contributed by atoms with Crippen LogP contribution in [0.2, 0.25) is 0 Å². The zero-order chi connectivity index (χ0) is 13.9. The van der Waals surface area contributed by atoms with Gasteiger partial charge in [-0.05, 0) is 43.0 Å². The monoisotopic (exact) mass is 262 g/mol. The van der Waals surface area contributed by atoms with Crippen molar-refractivity contribution in [1.82, 2.24) is 5.32 Å². The zero-order valence-electron chi connectivity index (χ0n) is 11.4. The van der Waals surface area contributed by atoms with Crippen LogP contribution in [0, 0.1) is 0 Å². The summed E-state index contributed by atoms with van der Waals surface area (Å²) in [7, 11) is 1.70. The van der Waals surface area contributed by atoms with Gasteiger partial charge in [-0.3, -0.25) is 4.79 Å². The lowest BCUT2D eigenvalue weighted by atomic mass is 10.2. The second-order valence-corrected chi connectivity index (χ2v) is 4.35. The molecule has 0 radical (unpaired) electrons. The Hall–Kier alpha value is -1.81. The number of anilines is 1. The molecule has 1 aromatic carbocycles. The summed E-state index contributed by atoms with van der Waals surface area (Å²) in [6, 6.07) is 7.42. The minimum atomic E-state index is -0.0748. The van der Waals surface area contributed by atoms with Gasteiger partial charge in [0.1, 0.15) is 0 Å². The van der Waals surface area contributed by atoms with E-state index >= 15 is 0 Å². The van der Waals surface area contributed by atoms with Gasteiger partial charge in [-0.25, -0.2) is 0 Å². The highest BCUT2D eigenvalue weighted by Crippen LogP contribution is 2.07. The first-order valence-corrected chi connectivity index (χ1v) is 6.53. The SMILES string of the molecule is COCCCCCNC(=O)/C=C/c1cccc(N)c1. The Bertz CT molecular complexity index is 416. The van der Waals surface area contributed by atoms with Crippen molar-refractivity contribution in [2.24, 2.45) is 0 Å². The van der Waals surface area contributed by atoms with Gasteiger partial charge in [-0.2, -0.15) is 0 Å². The normalized spacial score (nSPS) is 10.8. The molecule has 0 aromatic heterocycles. The first kappa shape index (κ1) is 15.2. The lowest BCUT2D eigenvalue weighted by Gasteiger charge is -2.02. The maximum absolute atomic E-state index is 11.5. The Morgan fingerprint density at radius 1 is 1.37 bits per heavy atom. The summed E-state index contributed by atoms with van der Waals surface area (Å²) in [4.78, 5) is 11.5. The summed E-state index contributed by atoms with van der Waals surface area (Å²) in [5, 5.41) is 2.85. The molecule has 19 heavy (non-hydrogen) atoms. The summed E-state index contributed by atoms with van der Waals surface area (Å²) < 4.78 is 4.96. The number of ether oxygens (including phenoxy) is 1. The molecule has 0 aliphatic heterocycles. The average molecular weight is 262 g/mol. The topological polar surface area (TPSA) is 64.3 Å². The van der Waals surface area contributed by atoms with Gasteiger partial charge in [0, 0.05) is 32.0 Å². The van der Waals surface area contributed by atoms with E-state index in [0.29, 0.717) is 12.2 Å². The number of nitrogens with one attached hydrogen (secondary N) is 1. The average Bonchev–Trinajstić information content (AvgIpc) is 2.40. The van der Waals surface area contributed by atoms with E-state index in [-0.39, 0.29) is 5.91 Å². The third kappa shape index (κ3) is 7.26. The van der Waals surface area contributed by atoms with Gasteiger partial charge in [0.2, 0.25) is 5.91 Å². The van der Waals surface area contributed by atoms with Gasteiger partial charge >= 0.3 is 0 Å². The molecule has 1 amide bonds. The number of rotatable bonds is 8. The quantitative estimate of drug-likeness (QED) is 0.429. The number of nitrogen functional groups attached to an aromatic ring is 1. The summed E-state index contributed by atoms with van der Waals surface area (Å²) >= 11 is 0. The van der Waals surface area contributed by atoms with Gasteiger partial charge < -0.3 is 15.8 Å². The molecule has 0 saturated heterocycles. The summed E-state index contributed by atoms with van der Waals surface area (Å²) in [6.07, 6.45) is 6.36. The fourth-order valence-electron chi connectivity index (χ4n) is 1.65. The van der Waals surface area contributed by atoms with Gasteiger partial charge in [0.05, 0.1) is 0 Å². The van der Waals surface area contributed by atoms with Gasteiger partial charge in [0.25, 0.3) is 0 Å². The second kappa shape index (κ2) is 9.16. The maximum Gasteiger partial charge on any atom is 0.243 e. The molecular formula is C15H22N2O2. The summed E-state index contributed by atoms with van der Waals surface area (Å²) in [5.41, 5.74) is 7.28. The molecular weight excluding hydrogens is 240 g/mol. The Labute approximate surface area is 114 Å².